The molecule has 0 bridgehead atoms. The van der Waals surface area contributed by atoms with Crippen LogP contribution in [0.25, 0.3) is 0 Å². The van der Waals surface area contributed by atoms with Crippen LogP contribution in [0.4, 0.5) is 11.4 Å². The Hall–Kier alpha value is -1.69. The Labute approximate surface area is 89.2 Å². The van der Waals surface area contributed by atoms with E-state index in [0.717, 1.165) is 0 Å². The van der Waals surface area contributed by atoms with E-state index in [0.29, 0.717) is 10.6 Å². The van der Waals surface area contributed by atoms with Crippen molar-refractivity contribution in [2.75, 3.05) is 11.5 Å². The molecule has 0 aliphatic carbocycles. The Morgan fingerprint density at radius 3 is 2.73 bits per heavy atom. The van der Waals surface area contributed by atoms with Gasteiger partial charge in [-0.05, 0) is 12.1 Å². The van der Waals surface area contributed by atoms with Crippen LogP contribution in [-0.2, 0) is 10.8 Å². The van der Waals surface area contributed by atoms with Crippen molar-refractivity contribution in [3.05, 3.63) is 41.0 Å². The Bertz CT molecular complexity index is 431. The van der Waals surface area contributed by atoms with Crippen LogP contribution >= 0.6 is 0 Å². The fourth-order valence-corrected chi connectivity index (χ4v) is 1.93. The van der Waals surface area contributed by atoms with Crippen LogP contribution in [0.3, 0.4) is 0 Å². The van der Waals surface area contributed by atoms with E-state index < -0.39 is 15.7 Å². The highest BCUT2D eigenvalue weighted by atomic mass is 32.2. The molecule has 0 heterocycles. The van der Waals surface area contributed by atoms with E-state index in [4.69, 9.17) is 5.73 Å². The summed E-state index contributed by atoms with van der Waals surface area (Å²) in [6.07, 6.45) is 1.52. The lowest BCUT2D eigenvalue weighted by Gasteiger charge is -2.01. The number of nitro benzene ring substituents is 1. The normalized spacial score (nSPS) is 12.0. The van der Waals surface area contributed by atoms with Crippen molar-refractivity contribution in [2.45, 2.75) is 4.90 Å². The number of nitro groups is 1. The molecule has 0 fully saturated rings. The minimum absolute atomic E-state index is 0.0231. The lowest BCUT2D eigenvalue weighted by molar-refractivity contribution is -0.383. The van der Waals surface area contributed by atoms with Crippen LogP contribution in [0, 0.1) is 10.1 Å². The van der Waals surface area contributed by atoms with Crippen LogP contribution in [-0.4, -0.2) is 14.9 Å². The molecule has 0 spiro atoms. The first-order valence-electron chi connectivity index (χ1n) is 4.09. The topological polar surface area (TPSA) is 86.2 Å². The number of hydrogen-bond donors (Lipinski definition) is 1. The first-order chi connectivity index (χ1) is 7.06. The van der Waals surface area contributed by atoms with Crippen molar-refractivity contribution in [1.82, 2.24) is 0 Å². The highest BCUT2D eigenvalue weighted by molar-refractivity contribution is 7.85. The fraction of sp³-hybridized carbons (Fsp3) is 0.111. The molecular weight excluding hydrogens is 216 g/mol. The molecule has 0 radical (unpaired) electrons. The van der Waals surface area contributed by atoms with E-state index in [1.54, 1.807) is 0 Å². The number of benzene rings is 1. The maximum Gasteiger partial charge on any atom is 0.292 e. The second-order valence-electron chi connectivity index (χ2n) is 2.78. The maximum absolute atomic E-state index is 11.5. The molecule has 1 atom stereocenters. The molecule has 1 unspecified atom stereocenters. The van der Waals surface area contributed by atoms with Gasteiger partial charge in [-0.1, -0.05) is 6.08 Å². The van der Waals surface area contributed by atoms with Crippen molar-refractivity contribution in [3.63, 3.8) is 0 Å². The average Bonchev–Trinajstić information content (AvgIpc) is 2.17. The summed E-state index contributed by atoms with van der Waals surface area (Å²) in [6.45, 7) is 3.46. The molecule has 1 aromatic carbocycles. The van der Waals surface area contributed by atoms with Crippen molar-refractivity contribution in [3.8, 4) is 0 Å². The molecule has 6 heteroatoms. The smallest absolute Gasteiger partial charge is 0.292 e. The van der Waals surface area contributed by atoms with E-state index in [2.05, 4.69) is 6.58 Å². The number of rotatable bonds is 4. The van der Waals surface area contributed by atoms with Gasteiger partial charge in [0.15, 0.2) is 0 Å². The minimum atomic E-state index is -1.24. The van der Waals surface area contributed by atoms with Gasteiger partial charge < -0.3 is 5.73 Å². The van der Waals surface area contributed by atoms with Gasteiger partial charge in [0.05, 0.1) is 15.7 Å². The lowest BCUT2D eigenvalue weighted by atomic mass is 10.3. The molecular formula is C9H10N2O3S. The summed E-state index contributed by atoms with van der Waals surface area (Å²) in [5.74, 6) is 0.303. The second kappa shape index (κ2) is 4.70. The molecule has 1 rings (SSSR count). The van der Waals surface area contributed by atoms with Gasteiger partial charge in [-0.3, -0.25) is 14.3 Å². The summed E-state index contributed by atoms with van der Waals surface area (Å²) in [6, 6.07) is 4.05. The van der Waals surface area contributed by atoms with Crippen molar-refractivity contribution in [2.24, 2.45) is 0 Å². The third-order valence-electron chi connectivity index (χ3n) is 1.73. The van der Waals surface area contributed by atoms with E-state index in [1.165, 1.54) is 24.3 Å². The first kappa shape index (κ1) is 11.4. The van der Waals surface area contributed by atoms with Gasteiger partial charge in [-0.25, -0.2) is 0 Å². The monoisotopic (exact) mass is 226 g/mol. The molecule has 0 saturated heterocycles. The third kappa shape index (κ3) is 2.63. The van der Waals surface area contributed by atoms with Gasteiger partial charge in [0.2, 0.25) is 0 Å². The fourth-order valence-electron chi connectivity index (χ4n) is 1.04. The Balaban J connectivity index is 3.06. The van der Waals surface area contributed by atoms with E-state index in [9.17, 15) is 14.3 Å². The van der Waals surface area contributed by atoms with Gasteiger partial charge in [0.1, 0.15) is 5.69 Å². The van der Waals surface area contributed by atoms with Crippen molar-refractivity contribution < 1.29 is 9.13 Å². The SMILES string of the molecule is C=CCS(=O)c1ccc([N+](=O)[O-])c(N)c1. The molecule has 2 N–H and O–H groups in total. The Kier molecular flexibility index (Phi) is 3.56. The summed E-state index contributed by atoms with van der Waals surface area (Å²) in [4.78, 5) is 10.4. The predicted molar refractivity (Wildman–Crippen MR) is 59.0 cm³/mol. The molecule has 0 aliphatic rings. The molecule has 15 heavy (non-hydrogen) atoms. The molecule has 80 valence electrons. The third-order valence-corrected chi connectivity index (χ3v) is 3.05. The minimum Gasteiger partial charge on any atom is -0.393 e. The molecule has 0 aromatic heterocycles. The summed E-state index contributed by atoms with van der Waals surface area (Å²) in [7, 11) is -1.24. The number of nitrogens with zero attached hydrogens (tertiary/aromatic N) is 1. The average molecular weight is 226 g/mol. The Morgan fingerprint density at radius 2 is 2.27 bits per heavy atom. The molecule has 5 nitrogen and oxygen atoms in total. The van der Waals surface area contributed by atoms with E-state index in [-0.39, 0.29) is 11.4 Å². The van der Waals surface area contributed by atoms with Crippen LogP contribution in [0.5, 0.6) is 0 Å². The standard InChI is InChI=1S/C9H10N2O3S/c1-2-5-15(14)7-3-4-9(11(12)13)8(10)6-7/h2-4,6H,1,5,10H2. The van der Waals surface area contributed by atoms with Crippen LogP contribution in [0.2, 0.25) is 0 Å². The van der Waals surface area contributed by atoms with Gasteiger partial charge >= 0.3 is 0 Å². The van der Waals surface area contributed by atoms with Gasteiger partial charge in [0.25, 0.3) is 5.69 Å². The number of anilines is 1. The second-order valence-corrected chi connectivity index (χ2v) is 4.27. The lowest BCUT2D eigenvalue weighted by Crippen LogP contribution is -1.99. The number of nitrogen functional groups attached to an aromatic ring is 1. The highest BCUT2D eigenvalue weighted by Gasteiger charge is 2.12. The van der Waals surface area contributed by atoms with Crippen molar-refractivity contribution >= 4 is 22.2 Å². The number of nitrogens with two attached hydrogens (primary N) is 1. The first-order valence-corrected chi connectivity index (χ1v) is 5.41. The molecule has 0 saturated carbocycles. The zero-order chi connectivity index (χ0) is 11.4. The molecule has 0 amide bonds. The number of hydrogen-bond acceptors (Lipinski definition) is 4. The highest BCUT2D eigenvalue weighted by Crippen LogP contribution is 2.23. The van der Waals surface area contributed by atoms with Crippen molar-refractivity contribution in [1.29, 1.82) is 0 Å². The van der Waals surface area contributed by atoms with Crippen LogP contribution < -0.4 is 5.73 Å². The molecule has 0 aliphatic heterocycles. The van der Waals surface area contributed by atoms with E-state index in [1.807, 2.05) is 0 Å². The van der Waals surface area contributed by atoms with Crippen LogP contribution in [0.15, 0.2) is 35.7 Å². The molecule has 1 aromatic rings. The summed E-state index contributed by atoms with van der Waals surface area (Å²) in [5, 5.41) is 10.5. The van der Waals surface area contributed by atoms with E-state index >= 15 is 0 Å². The predicted octanol–water partition coefficient (Wildman–Crippen LogP) is 1.47. The van der Waals surface area contributed by atoms with Crippen LogP contribution in [0.1, 0.15) is 0 Å². The van der Waals surface area contributed by atoms with Gasteiger partial charge in [-0.15, -0.1) is 6.58 Å². The zero-order valence-corrected chi connectivity index (χ0v) is 8.70. The van der Waals surface area contributed by atoms with Gasteiger partial charge in [-0.2, -0.15) is 0 Å². The summed E-state index contributed by atoms with van der Waals surface area (Å²) < 4.78 is 11.5. The van der Waals surface area contributed by atoms with Gasteiger partial charge in [0, 0.05) is 16.7 Å². The zero-order valence-electron chi connectivity index (χ0n) is 7.88. The largest absolute Gasteiger partial charge is 0.393 e. The maximum atomic E-state index is 11.5. The summed E-state index contributed by atoms with van der Waals surface area (Å²) >= 11 is 0. The summed E-state index contributed by atoms with van der Waals surface area (Å²) in [5.41, 5.74) is 5.31. The Morgan fingerprint density at radius 1 is 1.60 bits per heavy atom. The quantitative estimate of drug-likeness (QED) is 0.364.